The van der Waals surface area contributed by atoms with E-state index in [1.54, 1.807) is 20.2 Å². The predicted octanol–water partition coefficient (Wildman–Crippen LogP) is 1.54. The number of hydrazine groups is 1. The Labute approximate surface area is 144 Å². The Balaban J connectivity index is 1.94. The third-order valence-electron chi connectivity index (χ3n) is 3.42. The normalized spacial score (nSPS) is 10.5. The number of nitrogens with one attached hydrogen (secondary N) is 3. The average molecular weight is 356 g/mol. The summed E-state index contributed by atoms with van der Waals surface area (Å²) in [5.41, 5.74) is 7.64. The van der Waals surface area contributed by atoms with Gasteiger partial charge in [0.1, 0.15) is 0 Å². The number of halogens is 1. The summed E-state index contributed by atoms with van der Waals surface area (Å²) in [5, 5.41) is 11.8. The number of rotatable bonds is 3. The maximum Gasteiger partial charge on any atom is 0.291 e. The Bertz CT molecular complexity index is 752. The first-order valence-electron chi connectivity index (χ1n) is 6.94. The minimum absolute atomic E-state index is 0.136. The molecule has 0 aliphatic rings. The van der Waals surface area contributed by atoms with Gasteiger partial charge in [-0.1, -0.05) is 11.6 Å². The van der Waals surface area contributed by atoms with E-state index in [-0.39, 0.29) is 10.8 Å². The summed E-state index contributed by atoms with van der Waals surface area (Å²) in [6.45, 7) is 6.47. The van der Waals surface area contributed by atoms with Gasteiger partial charge < -0.3 is 5.32 Å². The first kappa shape index (κ1) is 17.2. The van der Waals surface area contributed by atoms with Gasteiger partial charge in [-0.15, -0.1) is 0 Å². The molecule has 10 heteroatoms. The van der Waals surface area contributed by atoms with Crippen LogP contribution in [0.2, 0.25) is 5.02 Å². The number of aryl methyl sites for hydroxylation is 2. The molecule has 2 heterocycles. The van der Waals surface area contributed by atoms with Crippen LogP contribution in [0, 0.1) is 13.8 Å². The molecule has 0 aliphatic heterocycles. The van der Waals surface area contributed by atoms with Crippen LogP contribution in [0.15, 0.2) is 6.20 Å². The molecule has 2 aromatic rings. The van der Waals surface area contributed by atoms with Crippen molar-refractivity contribution in [2.24, 2.45) is 7.05 Å². The molecule has 0 fully saturated rings. The van der Waals surface area contributed by atoms with Gasteiger partial charge in [0.05, 0.1) is 28.3 Å². The number of thiocarbonyl (C=S) groups is 1. The SMILES string of the molecule is CCn1ncc(NC(=S)NNC(=O)c2nn(C)c(C)c2Cl)c1C. The fourth-order valence-corrected chi connectivity index (χ4v) is 2.35. The highest BCUT2D eigenvalue weighted by Crippen LogP contribution is 2.18. The van der Waals surface area contributed by atoms with E-state index in [2.05, 4.69) is 26.4 Å². The number of anilines is 1. The van der Waals surface area contributed by atoms with Crippen molar-refractivity contribution in [3.63, 3.8) is 0 Å². The third kappa shape index (κ3) is 3.62. The van der Waals surface area contributed by atoms with Gasteiger partial charge in [0.2, 0.25) is 0 Å². The fourth-order valence-electron chi connectivity index (χ4n) is 1.94. The minimum Gasteiger partial charge on any atom is -0.329 e. The third-order valence-corrected chi connectivity index (χ3v) is 4.07. The summed E-state index contributed by atoms with van der Waals surface area (Å²) < 4.78 is 3.37. The molecule has 0 aliphatic carbocycles. The molecule has 0 unspecified atom stereocenters. The van der Waals surface area contributed by atoms with Crippen molar-refractivity contribution in [3.05, 3.63) is 28.3 Å². The Kier molecular flexibility index (Phi) is 5.22. The zero-order valence-electron chi connectivity index (χ0n) is 13.3. The molecule has 124 valence electrons. The summed E-state index contributed by atoms with van der Waals surface area (Å²) in [6.07, 6.45) is 1.67. The minimum atomic E-state index is -0.469. The molecular formula is C13H18ClN7OS. The largest absolute Gasteiger partial charge is 0.329 e. The summed E-state index contributed by atoms with van der Waals surface area (Å²) >= 11 is 11.2. The topological polar surface area (TPSA) is 88.8 Å². The highest BCUT2D eigenvalue weighted by atomic mass is 35.5. The lowest BCUT2D eigenvalue weighted by atomic mass is 10.3. The molecule has 8 nitrogen and oxygen atoms in total. The summed E-state index contributed by atoms with van der Waals surface area (Å²) in [4.78, 5) is 12.1. The maximum atomic E-state index is 12.1. The standard InChI is InChI=1S/C13H18ClN7OS/c1-5-21-7(2)9(6-15-21)16-13(23)18-17-12(22)11-10(14)8(3)20(4)19-11/h6H,5H2,1-4H3,(H,17,22)(H2,16,18,23). The molecule has 0 atom stereocenters. The second kappa shape index (κ2) is 6.97. The molecular weight excluding hydrogens is 338 g/mol. The Hall–Kier alpha value is -2.13. The number of hydrogen-bond acceptors (Lipinski definition) is 4. The van der Waals surface area contributed by atoms with E-state index < -0.39 is 5.91 Å². The van der Waals surface area contributed by atoms with Crippen LogP contribution in [0.4, 0.5) is 5.69 Å². The number of carbonyl (C=O) groups excluding carboxylic acids is 1. The Morgan fingerprint density at radius 2 is 2.04 bits per heavy atom. The smallest absolute Gasteiger partial charge is 0.291 e. The molecule has 2 aromatic heterocycles. The molecule has 0 radical (unpaired) electrons. The van der Waals surface area contributed by atoms with Gasteiger partial charge >= 0.3 is 0 Å². The van der Waals surface area contributed by atoms with Crippen LogP contribution in [-0.4, -0.2) is 30.6 Å². The Morgan fingerprint density at radius 3 is 2.57 bits per heavy atom. The van der Waals surface area contributed by atoms with E-state index in [1.807, 2.05) is 18.5 Å². The molecule has 0 aromatic carbocycles. The molecule has 23 heavy (non-hydrogen) atoms. The van der Waals surface area contributed by atoms with Crippen molar-refractivity contribution in [1.29, 1.82) is 0 Å². The van der Waals surface area contributed by atoms with Gasteiger partial charge in [-0.2, -0.15) is 10.2 Å². The molecule has 3 N–H and O–H groups in total. The van der Waals surface area contributed by atoms with E-state index in [0.29, 0.717) is 10.7 Å². The zero-order chi connectivity index (χ0) is 17.1. The van der Waals surface area contributed by atoms with E-state index in [1.165, 1.54) is 4.68 Å². The summed E-state index contributed by atoms with van der Waals surface area (Å²) in [7, 11) is 1.71. The van der Waals surface area contributed by atoms with Crippen molar-refractivity contribution in [3.8, 4) is 0 Å². The van der Waals surface area contributed by atoms with E-state index >= 15 is 0 Å². The number of amides is 1. The Morgan fingerprint density at radius 1 is 1.35 bits per heavy atom. The van der Waals surface area contributed by atoms with Crippen LogP contribution in [0.25, 0.3) is 0 Å². The monoisotopic (exact) mass is 355 g/mol. The molecule has 1 amide bonds. The summed E-state index contributed by atoms with van der Waals surface area (Å²) in [5.74, 6) is -0.469. The van der Waals surface area contributed by atoms with E-state index in [4.69, 9.17) is 23.8 Å². The molecule has 0 saturated carbocycles. The van der Waals surface area contributed by atoms with Crippen LogP contribution < -0.4 is 16.2 Å². The van der Waals surface area contributed by atoms with Crippen molar-refractivity contribution in [2.75, 3.05) is 5.32 Å². The highest BCUT2D eigenvalue weighted by molar-refractivity contribution is 7.80. The fraction of sp³-hybridized carbons (Fsp3) is 0.385. The lowest BCUT2D eigenvalue weighted by Crippen LogP contribution is -2.44. The van der Waals surface area contributed by atoms with Crippen LogP contribution in [0.1, 0.15) is 28.8 Å². The van der Waals surface area contributed by atoms with Gasteiger partial charge in [-0.3, -0.25) is 25.0 Å². The van der Waals surface area contributed by atoms with Crippen LogP contribution >= 0.6 is 23.8 Å². The predicted molar refractivity (Wildman–Crippen MR) is 92.4 cm³/mol. The zero-order valence-corrected chi connectivity index (χ0v) is 14.8. The van der Waals surface area contributed by atoms with Gasteiger partial charge in [-0.05, 0) is 33.0 Å². The van der Waals surface area contributed by atoms with Crippen molar-refractivity contribution in [2.45, 2.75) is 27.3 Å². The van der Waals surface area contributed by atoms with Crippen molar-refractivity contribution < 1.29 is 4.79 Å². The summed E-state index contributed by atoms with van der Waals surface area (Å²) in [6, 6.07) is 0. The van der Waals surface area contributed by atoms with Gasteiger partial charge in [0, 0.05) is 13.6 Å². The first-order chi connectivity index (χ1) is 10.8. The van der Waals surface area contributed by atoms with Crippen molar-refractivity contribution >= 4 is 40.5 Å². The van der Waals surface area contributed by atoms with Crippen molar-refractivity contribution in [1.82, 2.24) is 30.4 Å². The maximum absolute atomic E-state index is 12.1. The van der Waals surface area contributed by atoms with Gasteiger partial charge in [0.15, 0.2) is 10.8 Å². The van der Waals surface area contributed by atoms with Crippen LogP contribution in [-0.2, 0) is 13.6 Å². The number of nitrogens with zero attached hydrogens (tertiary/aromatic N) is 4. The number of aromatic nitrogens is 4. The molecule has 2 rings (SSSR count). The highest BCUT2D eigenvalue weighted by Gasteiger charge is 2.18. The molecule has 0 spiro atoms. The second-order valence-electron chi connectivity index (χ2n) is 4.86. The van der Waals surface area contributed by atoms with Gasteiger partial charge in [0.25, 0.3) is 5.91 Å². The van der Waals surface area contributed by atoms with Gasteiger partial charge in [-0.25, -0.2) is 0 Å². The first-order valence-corrected chi connectivity index (χ1v) is 7.72. The number of hydrogen-bond donors (Lipinski definition) is 3. The molecule has 0 bridgehead atoms. The lowest BCUT2D eigenvalue weighted by Gasteiger charge is -2.10. The second-order valence-corrected chi connectivity index (χ2v) is 5.65. The van der Waals surface area contributed by atoms with E-state index in [0.717, 1.165) is 17.9 Å². The van der Waals surface area contributed by atoms with E-state index in [9.17, 15) is 4.79 Å². The quantitative estimate of drug-likeness (QED) is 0.571. The number of carbonyl (C=O) groups is 1. The lowest BCUT2D eigenvalue weighted by molar-refractivity contribution is 0.0938. The average Bonchev–Trinajstić information content (AvgIpc) is 3.00. The van der Waals surface area contributed by atoms with Crippen LogP contribution in [0.5, 0.6) is 0 Å². The molecule has 0 saturated heterocycles. The van der Waals surface area contributed by atoms with Crippen LogP contribution in [0.3, 0.4) is 0 Å².